The molecule has 8 heteroatoms. The van der Waals surface area contributed by atoms with Crippen molar-refractivity contribution in [2.75, 3.05) is 0 Å². The van der Waals surface area contributed by atoms with Crippen LogP contribution in [0.15, 0.2) is 30.9 Å². The molecule has 0 aliphatic heterocycles. The third kappa shape index (κ3) is 1.93. The lowest BCUT2D eigenvalue weighted by atomic mass is 10.3. The van der Waals surface area contributed by atoms with E-state index in [0.29, 0.717) is 12.2 Å². The van der Waals surface area contributed by atoms with Gasteiger partial charge in [0.2, 0.25) is 0 Å². The number of hydrogen-bond donors (Lipinski definition) is 0. The molecule has 0 saturated heterocycles. The zero-order valence-electron chi connectivity index (χ0n) is 10.5. The van der Waals surface area contributed by atoms with Gasteiger partial charge in [-0.15, -0.1) is 0 Å². The second-order valence-corrected chi connectivity index (χ2v) is 4.18. The summed E-state index contributed by atoms with van der Waals surface area (Å²) < 4.78 is 41.0. The molecule has 0 bridgehead atoms. The van der Waals surface area contributed by atoms with Crippen LogP contribution in [-0.4, -0.2) is 24.1 Å². The zero-order chi connectivity index (χ0) is 14.3. The maximum Gasteiger partial charge on any atom is 0.435 e. The molecule has 5 nitrogen and oxygen atoms in total. The number of rotatable bonds is 2. The molecule has 0 fully saturated rings. The molecule has 0 saturated carbocycles. The Morgan fingerprint density at radius 1 is 1.15 bits per heavy atom. The Bertz CT molecular complexity index is 756. The van der Waals surface area contributed by atoms with Gasteiger partial charge in [-0.25, -0.2) is 14.5 Å². The third-order valence-corrected chi connectivity index (χ3v) is 2.92. The van der Waals surface area contributed by atoms with Crippen LogP contribution in [-0.2, 0) is 12.6 Å². The topological polar surface area (TPSA) is 48.0 Å². The summed E-state index contributed by atoms with van der Waals surface area (Å²) in [6, 6.07) is 0.988. The first kappa shape index (κ1) is 12.6. The molecule has 0 unspecified atom stereocenters. The highest BCUT2D eigenvalue weighted by atomic mass is 19.4. The first-order chi connectivity index (χ1) is 9.50. The van der Waals surface area contributed by atoms with Gasteiger partial charge in [-0.1, -0.05) is 6.92 Å². The Morgan fingerprint density at radius 2 is 1.90 bits per heavy atom. The van der Waals surface area contributed by atoms with Crippen molar-refractivity contribution in [1.82, 2.24) is 24.1 Å². The van der Waals surface area contributed by atoms with Gasteiger partial charge in [0.25, 0.3) is 0 Å². The summed E-state index contributed by atoms with van der Waals surface area (Å²) >= 11 is 0. The Labute approximate surface area is 111 Å². The van der Waals surface area contributed by atoms with Crippen molar-refractivity contribution in [3.05, 3.63) is 42.4 Å². The van der Waals surface area contributed by atoms with Crippen LogP contribution in [0.2, 0.25) is 0 Å². The van der Waals surface area contributed by atoms with E-state index < -0.39 is 11.9 Å². The summed E-state index contributed by atoms with van der Waals surface area (Å²) in [5.41, 5.74) is -0.655. The number of imidazole rings is 1. The number of aromatic nitrogens is 5. The quantitative estimate of drug-likeness (QED) is 0.725. The Kier molecular flexibility index (Phi) is 2.73. The predicted molar refractivity (Wildman–Crippen MR) is 64.5 cm³/mol. The van der Waals surface area contributed by atoms with E-state index in [1.807, 2.05) is 6.92 Å². The van der Waals surface area contributed by atoms with Crippen LogP contribution < -0.4 is 0 Å². The minimum atomic E-state index is -4.48. The Morgan fingerprint density at radius 3 is 2.60 bits per heavy atom. The number of alkyl halides is 3. The first-order valence-corrected chi connectivity index (χ1v) is 5.95. The molecule has 0 aromatic carbocycles. The molecular formula is C12H10F3N5. The highest BCUT2D eigenvalue weighted by Gasteiger charge is 2.34. The number of nitrogens with zero attached hydrogens (tertiary/aromatic N) is 5. The summed E-state index contributed by atoms with van der Waals surface area (Å²) in [4.78, 5) is 8.29. The molecule has 3 rings (SSSR count). The van der Waals surface area contributed by atoms with Crippen molar-refractivity contribution in [3.8, 4) is 5.82 Å². The van der Waals surface area contributed by atoms with E-state index in [2.05, 4.69) is 15.1 Å². The van der Waals surface area contributed by atoms with Gasteiger partial charge in [0.05, 0.1) is 0 Å². The second kappa shape index (κ2) is 4.32. The van der Waals surface area contributed by atoms with Crippen molar-refractivity contribution in [1.29, 1.82) is 0 Å². The lowest BCUT2D eigenvalue weighted by Crippen LogP contribution is -2.05. The van der Waals surface area contributed by atoms with Crippen LogP contribution in [0.3, 0.4) is 0 Å². The lowest BCUT2D eigenvalue weighted by Gasteiger charge is -2.06. The first-order valence-electron chi connectivity index (χ1n) is 5.95. The molecule has 0 aliphatic carbocycles. The highest BCUT2D eigenvalue weighted by Crippen LogP contribution is 2.29. The lowest BCUT2D eigenvalue weighted by molar-refractivity contribution is -0.141. The van der Waals surface area contributed by atoms with Crippen LogP contribution in [0.25, 0.3) is 11.3 Å². The number of halogens is 3. The van der Waals surface area contributed by atoms with Crippen molar-refractivity contribution in [2.24, 2.45) is 0 Å². The van der Waals surface area contributed by atoms with Gasteiger partial charge < -0.3 is 0 Å². The molecule has 0 aliphatic rings. The smallest absolute Gasteiger partial charge is 0.286 e. The van der Waals surface area contributed by atoms with Crippen molar-refractivity contribution in [2.45, 2.75) is 19.5 Å². The van der Waals surface area contributed by atoms with Gasteiger partial charge in [0.1, 0.15) is 11.3 Å². The van der Waals surface area contributed by atoms with Gasteiger partial charge in [-0.2, -0.15) is 18.3 Å². The van der Waals surface area contributed by atoms with Gasteiger partial charge in [0.15, 0.2) is 11.5 Å². The monoisotopic (exact) mass is 281 g/mol. The fourth-order valence-electron chi connectivity index (χ4n) is 2.02. The van der Waals surface area contributed by atoms with Crippen LogP contribution in [0.5, 0.6) is 0 Å². The Hall–Kier alpha value is -2.38. The van der Waals surface area contributed by atoms with Crippen LogP contribution in [0.1, 0.15) is 18.4 Å². The summed E-state index contributed by atoms with van der Waals surface area (Å²) in [6.45, 7) is 1.91. The zero-order valence-corrected chi connectivity index (χ0v) is 10.5. The van der Waals surface area contributed by atoms with Crippen LogP contribution >= 0.6 is 0 Å². The maximum atomic E-state index is 12.7. The molecule has 0 radical (unpaired) electrons. The molecule has 20 heavy (non-hydrogen) atoms. The Balaban J connectivity index is 2.24. The van der Waals surface area contributed by atoms with E-state index in [0.717, 1.165) is 11.9 Å². The number of fused-ring (bicyclic) bond motifs is 1. The van der Waals surface area contributed by atoms with Gasteiger partial charge >= 0.3 is 6.18 Å². The van der Waals surface area contributed by atoms with E-state index >= 15 is 0 Å². The molecule has 0 N–H and O–H groups in total. The summed E-state index contributed by atoms with van der Waals surface area (Å²) in [5, 5.41) is 3.53. The molecule has 0 amide bonds. The SMILES string of the molecule is CCc1nccn1-c1nccn2nc(C(F)(F)F)cc12. The van der Waals surface area contributed by atoms with E-state index in [9.17, 15) is 13.2 Å². The van der Waals surface area contributed by atoms with Gasteiger partial charge in [-0.3, -0.25) is 4.57 Å². The normalized spacial score (nSPS) is 12.2. The summed E-state index contributed by atoms with van der Waals surface area (Å²) in [7, 11) is 0. The second-order valence-electron chi connectivity index (χ2n) is 4.18. The summed E-state index contributed by atoms with van der Waals surface area (Å²) in [6.07, 6.45) is 2.22. The molecule has 3 aromatic rings. The highest BCUT2D eigenvalue weighted by molar-refractivity contribution is 5.61. The van der Waals surface area contributed by atoms with Crippen LogP contribution in [0, 0.1) is 0 Å². The number of aryl methyl sites for hydroxylation is 1. The molecule has 0 atom stereocenters. The average molecular weight is 281 g/mol. The average Bonchev–Trinajstić information content (AvgIpc) is 3.03. The van der Waals surface area contributed by atoms with Crippen molar-refractivity contribution < 1.29 is 13.2 Å². The largest absolute Gasteiger partial charge is 0.435 e. The van der Waals surface area contributed by atoms with Crippen molar-refractivity contribution >= 4 is 5.52 Å². The standard InChI is InChI=1S/C12H10F3N5/c1-2-10-16-3-5-19(10)11-8-7-9(12(13,14)15)18-20(8)6-4-17-11/h3-7H,2H2,1H3. The van der Waals surface area contributed by atoms with E-state index in [4.69, 9.17) is 0 Å². The maximum absolute atomic E-state index is 12.7. The van der Waals surface area contributed by atoms with Gasteiger partial charge in [0, 0.05) is 37.3 Å². The molecular weight excluding hydrogens is 271 g/mol. The van der Waals surface area contributed by atoms with Crippen LogP contribution in [0.4, 0.5) is 13.2 Å². The van der Waals surface area contributed by atoms with E-state index in [-0.39, 0.29) is 5.52 Å². The fourth-order valence-corrected chi connectivity index (χ4v) is 2.02. The van der Waals surface area contributed by atoms with Crippen molar-refractivity contribution in [3.63, 3.8) is 0 Å². The van der Waals surface area contributed by atoms with E-state index in [1.54, 1.807) is 17.0 Å². The molecule has 3 heterocycles. The predicted octanol–water partition coefficient (Wildman–Crippen LogP) is 2.50. The summed E-state index contributed by atoms with van der Waals surface area (Å²) in [5.74, 6) is 1.10. The number of hydrogen-bond acceptors (Lipinski definition) is 3. The molecule has 0 spiro atoms. The minimum absolute atomic E-state index is 0.285. The minimum Gasteiger partial charge on any atom is -0.286 e. The third-order valence-electron chi connectivity index (χ3n) is 2.92. The van der Waals surface area contributed by atoms with E-state index in [1.165, 1.54) is 16.9 Å². The fraction of sp³-hybridized carbons (Fsp3) is 0.250. The molecule has 104 valence electrons. The molecule has 3 aromatic heterocycles. The van der Waals surface area contributed by atoms with Gasteiger partial charge in [-0.05, 0) is 0 Å².